The maximum atomic E-state index is 13.2. The minimum absolute atomic E-state index is 0.123. The molecule has 4 N–H and O–H groups in total. The molecule has 1 amide bonds. The van der Waals surface area contributed by atoms with E-state index < -0.39 is 23.7 Å². The summed E-state index contributed by atoms with van der Waals surface area (Å²) in [7, 11) is 0. The summed E-state index contributed by atoms with van der Waals surface area (Å²) >= 11 is 4.73. The number of amides is 1. The molecule has 0 aliphatic carbocycles. The summed E-state index contributed by atoms with van der Waals surface area (Å²) in [5.74, 6) is 4.47. The fourth-order valence-corrected chi connectivity index (χ4v) is 2.20. The van der Waals surface area contributed by atoms with Crippen LogP contribution in [0.3, 0.4) is 0 Å². The van der Waals surface area contributed by atoms with Crippen molar-refractivity contribution in [3.63, 3.8) is 0 Å². The van der Waals surface area contributed by atoms with Crippen LogP contribution in [0.5, 0.6) is 0 Å². The molecule has 0 saturated carbocycles. The molecule has 1 atom stereocenters. The summed E-state index contributed by atoms with van der Waals surface area (Å²) in [6.45, 7) is 0. The number of hydrogen-bond donors (Lipinski definition) is 3. The predicted molar refractivity (Wildman–Crippen MR) is 84.1 cm³/mol. The van der Waals surface area contributed by atoms with Gasteiger partial charge in [0.2, 0.25) is 0 Å². The van der Waals surface area contributed by atoms with Crippen molar-refractivity contribution in [3.8, 4) is 0 Å². The number of alkyl halides is 3. The minimum Gasteiger partial charge on any atom is -0.331 e. The van der Waals surface area contributed by atoms with Crippen LogP contribution in [0.2, 0.25) is 0 Å². The van der Waals surface area contributed by atoms with Crippen LogP contribution < -0.4 is 21.5 Å². The first kappa shape index (κ1) is 17.0. The third-order valence-electron chi connectivity index (χ3n) is 3.07. The molecule has 1 aliphatic rings. The second kappa shape index (κ2) is 6.80. The van der Waals surface area contributed by atoms with E-state index in [9.17, 15) is 18.0 Å². The number of para-hydroxylation sites is 1. The lowest BCUT2D eigenvalue weighted by Gasteiger charge is -2.31. The van der Waals surface area contributed by atoms with Crippen LogP contribution in [0, 0.1) is 0 Å². The Morgan fingerprint density at radius 3 is 2.61 bits per heavy atom. The van der Waals surface area contributed by atoms with Crippen LogP contribution in [-0.4, -0.2) is 17.1 Å². The molecule has 0 spiro atoms. The second-order valence-corrected chi connectivity index (χ2v) is 4.96. The van der Waals surface area contributed by atoms with Gasteiger partial charge >= 0.3 is 6.18 Å². The van der Waals surface area contributed by atoms with Crippen LogP contribution in [0.4, 0.5) is 18.9 Å². The number of nitrogens with two attached hydrogens (primary N) is 1. The topological polar surface area (TPSA) is 70.4 Å². The Hall–Kier alpha value is -2.39. The van der Waals surface area contributed by atoms with Crippen molar-refractivity contribution in [1.82, 2.24) is 10.7 Å². The van der Waals surface area contributed by atoms with Crippen LogP contribution in [0.1, 0.15) is 5.56 Å². The minimum atomic E-state index is -4.54. The molecular weight excluding hydrogens is 329 g/mol. The van der Waals surface area contributed by atoms with E-state index >= 15 is 0 Å². The van der Waals surface area contributed by atoms with Gasteiger partial charge in [-0.05, 0) is 30.4 Å². The summed E-state index contributed by atoms with van der Waals surface area (Å²) in [6, 6.07) is 4.03. The lowest BCUT2D eigenvalue weighted by atomic mass is 10.1. The molecule has 9 heteroatoms. The number of carbonyl (C=O) groups is 1. The lowest BCUT2D eigenvalue weighted by molar-refractivity contribution is -0.137. The van der Waals surface area contributed by atoms with Crippen molar-refractivity contribution < 1.29 is 18.0 Å². The van der Waals surface area contributed by atoms with Crippen LogP contribution in [0.15, 0.2) is 48.7 Å². The van der Waals surface area contributed by atoms with Gasteiger partial charge < -0.3 is 15.6 Å². The molecule has 0 fully saturated rings. The highest BCUT2D eigenvalue weighted by molar-refractivity contribution is 7.80. The average Bonchev–Trinajstić information content (AvgIpc) is 2.54. The van der Waals surface area contributed by atoms with E-state index in [4.69, 9.17) is 18.1 Å². The maximum Gasteiger partial charge on any atom is 0.418 e. The van der Waals surface area contributed by atoms with Gasteiger partial charge in [0.1, 0.15) is 6.04 Å². The first-order valence-corrected chi connectivity index (χ1v) is 6.86. The Kier molecular flexibility index (Phi) is 5.02. The van der Waals surface area contributed by atoms with E-state index in [-0.39, 0.29) is 10.8 Å². The van der Waals surface area contributed by atoms with Crippen molar-refractivity contribution in [1.29, 1.82) is 0 Å². The summed E-state index contributed by atoms with van der Waals surface area (Å²) in [5, 5.41) is 2.18. The number of halogens is 3. The molecule has 122 valence electrons. The van der Waals surface area contributed by atoms with Crippen LogP contribution in [-0.2, 0) is 11.0 Å². The molecule has 23 heavy (non-hydrogen) atoms. The van der Waals surface area contributed by atoms with Gasteiger partial charge in [0, 0.05) is 6.20 Å². The summed E-state index contributed by atoms with van der Waals surface area (Å²) < 4.78 is 39.5. The van der Waals surface area contributed by atoms with Gasteiger partial charge in [-0.25, -0.2) is 5.84 Å². The zero-order valence-electron chi connectivity index (χ0n) is 11.7. The Morgan fingerprint density at radius 2 is 1.96 bits per heavy atom. The first-order valence-electron chi connectivity index (χ1n) is 6.45. The quantitative estimate of drug-likeness (QED) is 0.435. The first-order chi connectivity index (χ1) is 10.8. The number of benzene rings is 1. The van der Waals surface area contributed by atoms with Gasteiger partial charge in [0.15, 0.2) is 5.11 Å². The van der Waals surface area contributed by atoms with Gasteiger partial charge in [-0.3, -0.25) is 4.79 Å². The number of thiocarbonyl (C=S) groups is 1. The van der Waals surface area contributed by atoms with Gasteiger partial charge in [-0.1, -0.05) is 24.3 Å². The number of rotatable bonds is 2. The maximum absolute atomic E-state index is 13.2. The summed E-state index contributed by atoms with van der Waals surface area (Å²) in [5.41, 5.74) is 1.12. The van der Waals surface area contributed by atoms with Gasteiger partial charge in [-0.2, -0.15) is 13.2 Å². The van der Waals surface area contributed by atoms with Crippen LogP contribution >= 0.6 is 12.2 Å². The standard InChI is InChI=1S/C14H13F3N4OS/c15-14(16,17)9-5-1-2-6-10(9)21-8-4-3-7-11(21)12(22)19-13(23)20-18/h1-8,11H,18H2,(H2,19,20,22,23). The second-order valence-electron chi connectivity index (χ2n) is 4.56. The molecule has 2 rings (SSSR count). The third kappa shape index (κ3) is 3.88. The average molecular weight is 342 g/mol. The molecular formula is C14H13F3N4OS. The Balaban J connectivity index is 2.37. The molecule has 1 aromatic rings. The van der Waals surface area contributed by atoms with E-state index in [0.717, 1.165) is 6.07 Å². The number of nitrogens with zero attached hydrogens (tertiary/aromatic N) is 1. The highest BCUT2D eigenvalue weighted by Gasteiger charge is 2.36. The summed E-state index contributed by atoms with van der Waals surface area (Å²) in [6.07, 6.45) is 1.42. The monoisotopic (exact) mass is 342 g/mol. The Morgan fingerprint density at radius 1 is 1.26 bits per heavy atom. The smallest absolute Gasteiger partial charge is 0.331 e. The highest BCUT2D eigenvalue weighted by Crippen LogP contribution is 2.37. The zero-order valence-corrected chi connectivity index (χ0v) is 12.5. The lowest BCUT2D eigenvalue weighted by Crippen LogP contribution is -2.50. The van der Waals surface area contributed by atoms with Gasteiger partial charge in [0.25, 0.3) is 5.91 Å². The van der Waals surface area contributed by atoms with E-state index in [2.05, 4.69) is 10.7 Å². The number of hydrogen-bond acceptors (Lipinski definition) is 4. The normalized spacial score (nSPS) is 17.0. The molecule has 0 aromatic heterocycles. The number of anilines is 1. The van der Waals surface area contributed by atoms with E-state index in [1.165, 1.54) is 41.5 Å². The molecule has 0 saturated heterocycles. The predicted octanol–water partition coefficient (Wildman–Crippen LogP) is 1.83. The van der Waals surface area contributed by atoms with E-state index in [1.54, 1.807) is 6.08 Å². The summed E-state index contributed by atoms with van der Waals surface area (Å²) in [4.78, 5) is 13.4. The molecule has 1 aliphatic heterocycles. The highest BCUT2D eigenvalue weighted by atomic mass is 32.1. The molecule has 1 heterocycles. The molecule has 1 aromatic carbocycles. The third-order valence-corrected chi connectivity index (χ3v) is 3.29. The van der Waals surface area contributed by atoms with E-state index in [0.29, 0.717) is 0 Å². The zero-order chi connectivity index (χ0) is 17.0. The molecule has 0 bridgehead atoms. The van der Waals surface area contributed by atoms with Gasteiger partial charge in [-0.15, -0.1) is 0 Å². The molecule has 5 nitrogen and oxygen atoms in total. The number of hydrazine groups is 1. The van der Waals surface area contributed by atoms with Crippen molar-refractivity contribution in [2.45, 2.75) is 12.2 Å². The number of nitrogens with one attached hydrogen (secondary N) is 2. The Bertz CT molecular complexity index is 672. The van der Waals surface area contributed by atoms with Crippen molar-refractivity contribution in [2.75, 3.05) is 4.90 Å². The van der Waals surface area contributed by atoms with Crippen molar-refractivity contribution in [2.24, 2.45) is 5.84 Å². The van der Waals surface area contributed by atoms with E-state index in [1.807, 2.05) is 0 Å². The number of carbonyl (C=O) groups excluding carboxylic acids is 1. The fraction of sp³-hybridized carbons (Fsp3) is 0.143. The molecule has 0 radical (unpaired) electrons. The fourth-order valence-electron chi connectivity index (χ4n) is 2.10. The SMILES string of the molecule is NNC(=S)NC(=O)C1C=CC=CN1c1ccccc1C(F)(F)F. The largest absolute Gasteiger partial charge is 0.418 e. The Labute approximate surface area is 135 Å². The van der Waals surface area contributed by atoms with Crippen molar-refractivity contribution >= 4 is 28.9 Å². The van der Waals surface area contributed by atoms with Gasteiger partial charge in [0.05, 0.1) is 11.3 Å². The van der Waals surface area contributed by atoms with Crippen molar-refractivity contribution in [3.05, 3.63) is 54.3 Å². The molecule has 1 unspecified atom stereocenters. The van der Waals surface area contributed by atoms with Crippen LogP contribution in [0.25, 0.3) is 0 Å². The number of allylic oxidation sites excluding steroid dienone is 2.